The third-order valence-electron chi connectivity index (χ3n) is 4.62. The Balaban J connectivity index is 2.45. The lowest BCUT2D eigenvalue weighted by Crippen LogP contribution is -2.41. The van der Waals surface area contributed by atoms with Crippen molar-refractivity contribution in [2.75, 3.05) is 11.5 Å². The zero-order valence-electron chi connectivity index (χ0n) is 15.8. The molecule has 27 heavy (non-hydrogen) atoms. The molecule has 0 atom stereocenters. The number of alkyl halides is 3. The average Bonchev–Trinajstić information content (AvgIpc) is 2.72. The van der Waals surface area contributed by atoms with Crippen LogP contribution in [0.3, 0.4) is 0 Å². The molecule has 2 N–H and O–H groups in total. The number of anilines is 1. The first-order valence-corrected chi connectivity index (χ1v) is 9.24. The van der Waals surface area contributed by atoms with Crippen LogP contribution < -0.4 is 5.73 Å². The van der Waals surface area contributed by atoms with Gasteiger partial charge in [-0.25, -0.2) is 4.98 Å². The zero-order valence-corrected chi connectivity index (χ0v) is 16.6. The van der Waals surface area contributed by atoms with Gasteiger partial charge in [0.2, 0.25) is 0 Å². The molecule has 0 aliphatic carbocycles. The fourth-order valence-corrected chi connectivity index (χ4v) is 2.91. The van der Waals surface area contributed by atoms with Crippen LogP contribution in [0.25, 0.3) is 6.08 Å². The van der Waals surface area contributed by atoms with E-state index in [9.17, 15) is 18.0 Å². The Morgan fingerprint density at radius 2 is 1.85 bits per heavy atom. The van der Waals surface area contributed by atoms with Crippen LogP contribution >= 0.6 is 11.8 Å². The van der Waals surface area contributed by atoms with Crippen LogP contribution in [0.4, 0.5) is 19.0 Å². The third-order valence-corrected chi connectivity index (χ3v) is 5.50. The van der Waals surface area contributed by atoms with E-state index in [0.717, 1.165) is 17.8 Å². The SMILES string of the molecule is CC(=O)SCC(=Cc1cc(C(F)(F)F)cnc1N)B1OC(C)(C)C(C)(C)O1. The van der Waals surface area contributed by atoms with E-state index in [1.807, 2.05) is 27.7 Å². The second kappa shape index (κ2) is 7.48. The van der Waals surface area contributed by atoms with Crippen LogP contribution in [0.1, 0.15) is 45.7 Å². The Morgan fingerprint density at radius 1 is 1.30 bits per heavy atom. The Bertz CT molecular complexity index is 750. The molecule has 0 unspecified atom stereocenters. The molecule has 148 valence electrons. The fraction of sp³-hybridized carbons (Fsp3) is 0.529. The van der Waals surface area contributed by atoms with Crippen molar-refractivity contribution in [2.24, 2.45) is 0 Å². The molecule has 0 bridgehead atoms. The van der Waals surface area contributed by atoms with E-state index in [1.54, 1.807) is 0 Å². The molecule has 1 aliphatic rings. The van der Waals surface area contributed by atoms with Crippen molar-refractivity contribution in [3.05, 3.63) is 28.9 Å². The number of thioether (sulfide) groups is 1. The van der Waals surface area contributed by atoms with Crippen molar-refractivity contribution in [2.45, 2.75) is 52.0 Å². The maximum atomic E-state index is 13.0. The highest BCUT2D eigenvalue weighted by molar-refractivity contribution is 8.13. The number of halogens is 3. The summed E-state index contributed by atoms with van der Waals surface area (Å²) in [5.74, 6) is 0.145. The Labute approximate surface area is 161 Å². The first-order valence-electron chi connectivity index (χ1n) is 8.25. The van der Waals surface area contributed by atoms with Gasteiger partial charge in [-0.05, 0) is 39.2 Å². The molecule has 1 saturated heterocycles. The first-order chi connectivity index (χ1) is 12.2. The Morgan fingerprint density at radius 3 is 2.33 bits per heavy atom. The number of hydrogen-bond acceptors (Lipinski definition) is 6. The van der Waals surface area contributed by atoms with E-state index in [-0.39, 0.29) is 22.2 Å². The molecular weight excluding hydrogens is 380 g/mol. The predicted octanol–water partition coefficient (Wildman–Crippen LogP) is 3.98. The summed E-state index contributed by atoms with van der Waals surface area (Å²) in [6, 6.07) is 0.923. The van der Waals surface area contributed by atoms with Crippen molar-refractivity contribution >= 4 is 35.9 Å². The number of nitrogen functional groups attached to an aromatic ring is 1. The summed E-state index contributed by atoms with van der Waals surface area (Å²) < 4.78 is 50.9. The number of hydrogen-bond donors (Lipinski definition) is 1. The molecule has 0 saturated carbocycles. The molecule has 1 aromatic rings. The molecule has 0 amide bonds. The van der Waals surface area contributed by atoms with Gasteiger partial charge < -0.3 is 15.0 Å². The molecule has 0 radical (unpaired) electrons. The standard InChI is InChI=1S/C17H22BF3N2O3S/c1-10(24)27-9-13(18-25-15(2,3)16(4,5)26-18)7-11-6-12(17(19,20)21)8-23-14(11)22/h6-8H,9H2,1-5H3,(H2,22,23). The highest BCUT2D eigenvalue weighted by Gasteiger charge is 2.52. The number of pyridine rings is 1. The van der Waals surface area contributed by atoms with E-state index in [1.165, 1.54) is 13.0 Å². The minimum atomic E-state index is -4.54. The second-order valence-electron chi connectivity index (χ2n) is 7.28. The quantitative estimate of drug-likeness (QED) is 0.769. The maximum absolute atomic E-state index is 13.0. The van der Waals surface area contributed by atoms with Crippen LogP contribution in [0.2, 0.25) is 0 Å². The largest absolute Gasteiger partial charge is 0.491 e. The summed E-state index contributed by atoms with van der Waals surface area (Å²) >= 11 is 1.01. The monoisotopic (exact) mass is 402 g/mol. The highest BCUT2D eigenvalue weighted by atomic mass is 32.2. The summed E-state index contributed by atoms with van der Waals surface area (Å²) in [6.07, 6.45) is -2.40. The number of rotatable bonds is 4. The highest BCUT2D eigenvalue weighted by Crippen LogP contribution is 2.40. The number of nitrogens with zero attached hydrogens (tertiary/aromatic N) is 1. The van der Waals surface area contributed by atoms with Gasteiger partial charge in [-0.15, -0.1) is 0 Å². The number of aromatic nitrogens is 1. The van der Waals surface area contributed by atoms with Crippen molar-refractivity contribution in [3.8, 4) is 0 Å². The van der Waals surface area contributed by atoms with Crippen molar-refractivity contribution in [3.63, 3.8) is 0 Å². The van der Waals surface area contributed by atoms with E-state index in [4.69, 9.17) is 15.0 Å². The van der Waals surface area contributed by atoms with Gasteiger partial charge in [-0.3, -0.25) is 4.79 Å². The average molecular weight is 402 g/mol. The van der Waals surface area contributed by atoms with E-state index < -0.39 is 30.1 Å². The van der Waals surface area contributed by atoms with E-state index in [2.05, 4.69) is 4.98 Å². The van der Waals surface area contributed by atoms with Gasteiger partial charge >= 0.3 is 13.3 Å². The van der Waals surface area contributed by atoms with E-state index >= 15 is 0 Å². The first kappa shape index (κ1) is 21.8. The van der Waals surface area contributed by atoms with Crippen molar-refractivity contribution in [1.29, 1.82) is 0 Å². The third kappa shape index (κ3) is 5.06. The molecule has 10 heteroatoms. The number of nitrogens with two attached hydrogens (primary N) is 1. The molecule has 1 aliphatic heterocycles. The van der Waals surface area contributed by atoms with Gasteiger partial charge in [0.15, 0.2) is 5.12 Å². The van der Waals surface area contributed by atoms with Gasteiger partial charge in [0.25, 0.3) is 0 Å². The number of carbonyl (C=O) groups is 1. The molecule has 1 fully saturated rings. The zero-order chi connectivity index (χ0) is 20.6. The normalized spacial score (nSPS) is 19.4. The lowest BCUT2D eigenvalue weighted by atomic mass is 9.78. The van der Waals surface area contributed by atoms with Crippen LogP contribution in [-0.2, 0) is 20.3 Å². The molecule has 1 aromatic heterocycles. The maximum Gasteiger partial charge on any atom is 0.491 e. The topological polar surface area (TPSA) is 74.4 Å². The summed E-state index contributed by atoms with van der Waals surface area (Å²) in [7, 11) is -0.809. The molecular formula is C17H22BF3N2O3S. The van der Waals surface area contributed by atoms with Gasteiger partial charge in [-0.1, -0.05) is 17.8 Å². The predicted molar refractivity (Wildman–Crippen MR) is 101 cm³/mol. The van der Waals surface area contributed by atoms with Gasteiger partial charge in [0.05, 0.1) is 16.8 Å². The van der Waals surface area contributed by atoms with Crippen molar-refractivity contribution in [1.82, 2.24) is 4.98 Å². The summed E-state index contributed by atoms with van der Waals surface area (Å²) in [5, 5.41) is -0.132. The van der Waals surface area contributed by atoms with Gasteiger partial charge in [-0.2, -0.15) is 13.2 Å². The molecule has 0 spiro atoms. The van der Waals surface area contributed by atoms with Crippen LogP contribution in [0.5, 0.6) is 0 Å². The summed E-state index contributed by atoms with van der Waals surface area (Å²) in [6.45, 7) is 8.87. The summed E-state index contributed by atoms with van der Waals surface area (Å²) in [4.78, 5) is 15.0. The second-order valence-corrected chi connectivity index (χ2v) is 8.44. The van der Waals surface area contributed by atoms with Gasteiger partial charge in [0, 0.05) is 24.4 Å². The molecule has 0 aromatic carbocycles. The smallest absolute Gasteiger partial charge is 0.400 e. The molecule has 5 nitrogen and oxygen atoms in total. The molecule has 2 heterocycles. The van der Waals surface area contributed by atoms with Crippen molar-refractivity contribution < 1.29 is 27.3 Å². The summed E-state index contributed by atoms with van der Waals surface area (Å²) in [5.41, 5.74) is 4.19. The van der Waals surface area contributed by atoms with Crippen LogP contribution in [0.15, 0.2) is 17.7 Å². The van der Waals surface area contributed by atoms with Gasteiger partial charge in [0.1, 0.15) is 5.82 Å². The minimum absolute atomic E-state index is 0.0511. The molecule has 2 rings (SSSR count). The fourth-order valence-electron chi connectivity index (χ4n) is 2.32. The van der Waals surface area contributed by atoms with Crippen LogP contribution in [-0.4, -0.2) is 34.2 Å². The lowest BCUT2D eigenvalue weighted by Gasteiger charge is -2.32. The lowest BCUT2D eigenvalue weighted by molar-refractivity contribution is -0.137. The van der Waals surface area contributed by atoms with Crippen LogP contribution in [0, 0.1) is 0 Å². The minimum Gasteiger partial charge on any atom is -0.400 e. The number of carbonyl (C=O) groups excluding carboxylic acids is 1. The Kier molecular flexibility index (Phi) is 6.04. The Hall–Kier alpha value is -1.52. The van der Waals surface area contributed by atoms with E-state index in [0.29, 0.717) is 11.7 Å².